The van der Waals surface area contributed by atoms with Crippen molar-refractivity contribution in [3.63, 3.8) is 0 Å². The topological polar surface area (TPSA) is 67.9 Å². The van der Waals surface area contributed by atoms with E-state index in [9.17, 15) is 9.59 Å². The molecule has 0 fully saturated rings. The van der Waals surface area contributed by atoms with Crippen molar-refractivity contribution >= 4 is 40.7 Å². The molecule has 0 aliphatic rings. The molecule has 2 rings (SSSR count). The predicted octanol–water partition coefficient (Wildman–Crippen LogP) is 5.28. The molecule has 2 amide bonds. The van der Waals surface area contributed by atoms with E-state index in [1.807, 2.05) is 0 Å². The Bertz CT molecular complexity index is 869. The minimum atomic E-state index is -0.397. The van der Waals surface area contributed by atoms with Crippen molar-refractivity contribution in [1.29, 1.82) is 0 Å². The van der Waals surface area contributed by atoms with E-state index in [2.05, 4.69) is 12.2 Å². The molecule has 0 aliphatic carbocycles. The number of amides is 2. The Morgan fingerprint density at radius 1 is 1.07 bits per heavy atom. The zero-order valence-electron chi connectivity index (χ0n) is 17.3. The summed E-state index contributed by atoms with van der Waals surface area (Å²) >= 11 is 12.2. The summed E-state index contributed by atoms with van der Waals surface area (Å²) in [7, 11) is 1.52. The third kappa shape index (κ3) is 6.28. The van der Waals surface area contributed by atoms with Crippen LogP contribution >= 0.6 is 23.2 Å². The number of halogens is 2. The lowest BCUT2D eigenvalue weighted by molar-refractivity contribution is -0.116. The summed E-state index contributed by atoms with van der Waals surface area (Å²) in [4.78, 5) is 26.8. The number of para-hydroxylation sites is 1. The van der Waals surface area contributed by atoms with Crippen molar-refractivity contribution in [1.82, 2.24) is 4.90 Å². The van der Waals surface area contributed by atoms with Crippen LogP contribution in [0.5, 0.6) is 11.5 Å². The quantitative estimate of drug-likeness (QED) is 0.497. The van der Waals surface area contributed by atoms with Gasteiger partial charge < -0.3 is 19.7 Å². The number of benzene rings is 2. The molecule has 6 nitrogen and oxygen atoms in total. The first kappa shape index (κ1) is 23.8. The average Bonchev–Trinajstić information content (AvgIpc) is 2.74. The smallest absolute Gasteiger partial charge is 0.254 e. The number of likely N-dealkylation sites (N-methyl/N-ethyl adjacent to an activating group) is 1. The summed E-state index contributed by atoms with van der Waals surface area (Å²) < 4.78 is 11.1. The molecule has 0 aliphatic heterocycles. The molecule has 8 heteroatoms. The molecule has 0 spiro atoms. The van der Waals surface area contributed by atoms with Crippen molar-refractivity contribution < 1.29 is 19.1 Å². The zero-order valence-corrected chi connectivity index (χ0v) is 18.8. The van der Waals surface area contributed by atoms with Crippen LogP contribution in [0, 0.1) is 0 Å². The molecule has 0 bridgehead atoms. The van der Waals surface area contributed by atoms with E-state index in [1.165, 1.54) is 12.0 Å². The first-order valence-electron chi connectivity index (χ1n) is 9.75. The number of ether oxygens (including phenoxy) is 2. The average molecular weight is 453 g/mol. The maximum absolute atomic E-state index is 12.9. The highest BCUT2D eigenvalue weighted by molar-refractivity contribution is 6.39. The second-order valence-electron chi connectivity index (χ2n) is 6.53. The van der Waals surface area contributed by atoms with Crippen LogP contribution in [0.2, 0.25) is 10.0 Å². The summed E-state index contributed by atoms with van der Waals surface area (Å²) in [5.74, 6) is 0.361. The van der Waals surface area contributed by atoms with E-state index < -0.39 is 5.91 Å². The molecule has 0 radical (unpaired) electrons. The minimum Gasteiger partial charge on any atom is -0.493 e. The molecule has 2 aromatic carbocycles. The van der Waals surface area contributed by atoms with E-state index >= 15 is 0 Å². The largest absolute Gasteiger partial charge is 0.493 e. The normalized spacial score (nSPS) is 10.4. The molecular weight excluding hydrogens is 427 g/mol. The van der Waals surface area contributed by atoms with Gasteiger partial charge in [-0.2, -0.15) is 0 Å². The number of methoxy groups -OCH3 is 1. The van der Waals surface area contributed by atoms with Gasteiger partial charge in [-0.25, -0.2) is 0 Å². The van der Waals surface area contributed by atoms with E-state index in [0.717, 1.165) is 12.8 Å². The molecule has 0 saturated carbocycles. The summed E-state index contributed by atoms with van der Waals surface area (Å²) in [6.45, 7) is 4.66. The Balaban J connectivity index is 2.10. The molecule has 0 atom stereocenters. The van der Waals surface area contributed by atoms with Gasteiger partial charge in [-0.1, -0.05) is 42.6 Å². The van der Waals surface area contributed by atoms with Gasteiger partial charge >= 0.3 is 0 Å². The fraction of sp³-hybridized carbons (Fsp3) is 0.364. The summed E-state index contributed by atoms with van der Waals surface area (Å²) in [6, 6.07) is 9.93. The molecule has 0 unspecified atom stereocenters. The number of hydrogen-bond donors (Lipinski definition) is 1. The lowest BCUT2D eigenvalue weighted by atomic mass is 10.1. The number of unbranched alkanes of at least 4 members (excludes halogenated alkanes) is 1. The number of nitrogens with zero attached hydrogens (tertiary/aromatic N) is 1. The van der Waals surface area contributed by atoms with Gasteiger partial charge in [0, 0.05) is 12.1 Å². The summed E-state index contributed by atoms with van der Waals surface area (Å²) in [5.41, 5.74) is 0.727. The van der Waals surface area contributed by atoms with Crippen LogP contribution in [0.3, 0.4) is 0 Å². The standard InChI is InChI=1S/C22H26Cl2N2O4/c1-4-6-12-30-18-11-10-15(13-19(18)29-3)22(28)26(5-2)14-20(27)25-21-16(23)8-7-9-17(21)24/h7-11,13H,4-6,12,14H2,1-3H3,(H,25,27). The Kier molecular flexibility index (Phi) is 9.27. The highest BCUT2D eigenvalue weighted by Gasteiger charge is 2.20. The first-order chi connectivity index (χ1) is 14.4. The fourth-order valence-electron chi connectivity index (χ4n) is 2.73. The summed E-state index contributed by atoms with van der Waals surface area (Å²) in [5, 5.41) is 3.32. The second kappa shape index (κ2) is 11.7. The van der Waals surface area contributed by atoms with Gasteiger partial charge in [-0.05, 0) is 43.7 Å². The lowest BCUT2D eigenvalue weighted by Crippen LogP contribution is -2.38. The van der Waals surface area contributed by atoms with E-state index in [4.69, 9.17) is 32.7 Å². The van der Waals surface area contributed by atoms with Crippen molar-refractivity contribution in [3.05, 3.63) is 52.0 Å². The van der Waals surface area contributed by atoms with E-state index in [1.54, 1.807) is 43.3 Å². The maximum atomic E-state index is 12.9. The van der Waals surface area contributed by atoms with E-state index in [-0.39, 0.29) is 12.5 Å². The van der Waals surface area contributed by atoms with Gasteiger partial charge in [-0.15, -0.1) is 0 Å². The molecule has 30 heavy (non-hydrogen) atoms. The van der Waals surface area contributed by atoms with Gasteiger partial charge in [0.2, 0.25) is 5.91 Å². The molecule has 0 aromatic heterocycles. The van der Waals surface area contributed by atoms with Crippen LogP contribution in [0.15, 0.2) is 36.4 Å². The number of nitrogens with one attached hydrogen (secondary N) is 1. The van der Waals surface area contributed by atoms with Crippen LogP contribution in [-0.2, 0) is 4.79 Å². The SMILES string of the molecule is CCCCOc1ccc(C(=O)N(CC)CC(=O)Nc2c(Cl)cccc2Cl)cc1OC. The number of carbonyl (C=O) groups excluding carboxylic acids is 2. The van der Waals surface area contributed by atoms with Gasteiger partial charge in [-0.3, -0.25) is 9.59 Å². The molecule has 0 heterocycles. The van der Waals surface area contributed by atoms with Gasteiger partial charge in [0.15, 0.2) is 11.5 Å². The fourth-order valence-corrected chi connectivity index (χ4v) is 3.22. The van der Waals surface area contributed by atoms with Crippen LogP contribution in [0.25, 0.3) is 0 Å². The third-order valence-corrected chi connectivity index (χ3v) is 5.03. The Hall–Kier alpha value is -2.44. The van der Waals surface area contributed by atoms with Gasteiger partial charge in [0.1, 0.15) is 6.54 Å². The zero-order chi connectivity index (χ0) is 22.1. The number of carbonyl (C=O) groups is 2. The van der Waals surface area contributed by atoms with Gasteiger partial charge in [0.25, 0.3) is 5.91 Å². The maximum Gasteiger partial charge on any atom is 0.254 e. The van der Waals surface area contributed by atoms with Crippen LogP contribution in [0.4, 0.5) is 5.69 Å². The van der Waals surface area contributed by atoms with Crippen molar-refractivity contribution in [2.75, 3.05) is 32.1 Å². The lowest BCUT2D eigenvalue weighted by Gasteiger charge is -2.21. The minimum absolute atomic E-state index is 0.145. The number of hydrogen-bond acceptors (Lipinski definition) is 4. The van der Waals surface area contributed by atoms with Gasteiger partial charge in [0.05, 0.1) is 29.4 Å². The highest BCUT2D eigenvalue weighted by atomic mass is 35.5. The Morgan fingerprint density at radius 3 is 2.37 bits per heavy atom. The number of rotatable bonds is 10. The van der Waals surface area contributed by atoms with Crippen LogP contribution < -0.4 is 14.8 Å². The predicted molar refractivity (Wildman–Crippen MR) is 120 cm³/mol. The second-order valence-corrected chi connectivity index (χ2v) is 7.35. The molecule has 1 N–H and O–H groups in total. The highest BCUT2D eigenvalue weighted by Crippen LogP contribution is 2.30. The summed E-state index contributed by atoms with van der Waals surface area (Å²) in [6.07, 6.45) is 1.95. The monoisotopic (exact) mass is 452 g/mol. The van der Waals surface area contributed by atoms with Crippen molar-refractivity contribution in [2.45, 2.75) is 26.7 Å². The van der Waals surface area contributed by atoms with Crippen LogP contribution in [0.1, 0.15) is 37.0 Å². The van der Waals surface area contributed by atoms with Crippen molar-refractivity contribution in [3.8, 4) is 11.5 Å². The molecule has 0 saturated heterocycles. The number of anilines is 1. The van der Waals surface area contributed by atoms with Crippen LogP contribution in [-0.4, -0.2) is 43.5 Å². The third-order valence-electron chi connectivity index (χ3n) is 4.40. The molecular formula is C22H26Cl2N2O4. The van der Waals surface area contributed by atoms with Crippen molar-refractivity contribution in [2.24, 2.45) is 0 Å². The molecule has 2 aromatic rings. The van der Waals surface area contributed by atoms with E-state index in [0.29, 0.717) is 45.9 Å². The molecule has 162 valence electrons. The Morgan fingerprint density at radius 2 is 1.77 bits per heavy atom. The first-order valence-corrected chi connectivity index (χ1v) is 10.5. The Labute approximate surface area is 187 Å².